The lowest BCUT2D eigenvalue weighted by Gasteiger charge is -2.37. The molecule has 0 N–H and O–H groups in total. The van der Waals surface area contributed by atoms with E-state index in [9.17, 15) is 4.79 Å². The van der Waals surface area contributed by atoms with Crippen molar-refractivity contribution >= 4 is 5.97 Å². The molecular formula is C12H21NO3. The van der Waals surface area contributed by atoms with Crippen molar-refractivity contribution in [2.24, 2.45) is 0 Å². The van der Waals surface area contributed by atoms with Crippen molar-refractivity contribution in [2.45, 2.75) is 44.8 Å². The van der Waals surface area contributed by atoms with Gasteiger partial charge in [0.25, 0.3) is 0 Å². The molecule has 0 radical (unpaired) electrons. The lowest BCUT2D eigenvalue weighted by molar-refractivity contribution is -0.144. The Morgan fingerprint density at radius 1 is 1.50 bits per heavy atom. The van der Waals surface area contributed by atoms with E-state index in [1.165, 1.54) is 19.3 Å². The number of ether oxygens (including phenoxy) is 2. The molecule has 0 amide bonds. The van der Waals surface area contributed by atoms with E-state index in [1.54, 1.807) is 0 Å². The average Bonchev–Trinajstić information content (AvgIpc) is 2.75. The summed E-state index contributed by atoms with van der Waals surface area (Å²) in [5.41, 5.74) is 0. The van der Waals surface area contributed by atoms with Crippen LogP contribution in [0.25, 0.3) is 0 Å². The number of nitrogens with zero attached hydrogens (tertiary/aromatic N) is 1. The molecule has 16 heavy (non-hydrogen) atoms. The third-order valence-corrected chi connectivity index (χ3v) is 3.51. The summed E-state index contributed by atoms with van der Waals surface area (Å²) < 4.78 is 10.7. The molecule has 4 heteroatoms. The molecule has 1 saturated carbocycles. The van der Waals surface area contributed by atoms with Gasteiger partial charge < -0.3 is 9.47 Å². The van der Waals surface area contributed by atoms with Crippen molar-refractivity contribution in [3.05, 3.63) is 0 Å². The van der Waals surface area contributed by atoms with Crippen molar-refractivity contribution in [3.8, 4) is 0 Å². The van der Waals surface area contributed by atoms with Gasteiger partial charge in [-0.15, -0.1) is 0 Å². The molecular weight excluding hydrogens is 206 g/mol. The highest BCUT2D eigenvalue weighted by molar-refractivity contribution is 5.69. The van der Waals surface area contributed by atoms with E-state index < -0.39 is 0 Å². The van der Waals surface area contributed by atoms with Gasteiger partial charge in [-0.25, -0.2) is 0 Å². The van der Waals surface area contributed by atoms with E-state index in [1.807, 2.05) is 6.92 Å². The third kappa shape index (κ3) is 2.74. The largest absolute Gasteiger partial charge is 0.466 e. The van der Waals surface area contributed by atoms with Crippen molar-refractivity contribution in [1.82, 2.24) is 4.90 Å². The van der Waals surface area contributed by atoms with Crippen LogP contribution >= 0.6 is 0 Å². The summed E-state index contributed by atoms with van der Waals surface area (Å²) >= 11 is 0. The molecule has 0 aromatic heterocycles. The van der Waals surface area contributed by atoms with Gasteiger partial charge >= 0.3 is 5.97 Å². The van der Waals surface area contributed by atoms with Gasteiger partial charge in [-0.1, -0.05) is 0 Å². The van der Waals surface area contributed by atoms with Crippen LogP contribution in [0.1, 0.15) is 32.6 Å². The molecule has 0 spiro atoms. The highest BCUT2D eigenvalue weighted by Gasteiger charge is 2.35. The zero-order valence-electron chi connectivity index (χ0n) is 9.98. The molecule has 1 heterocycles. The Labute approximate surface area is 96.9 Å². The summed E-state index contributed by atoms with van der Waals surface area (Å²) in [6.07, 6.45) is 4.58. The highest BCUT2D eigenvalue weighted by atomic mass is 16.5. The van der Waals surface area contributed by atoms with Gasteiger partial charge in [-0.3, -0.25) is 9.69 Å². The van der Waals surface area contributed by atoms with Crippen molar-refractivity contribution < 1.29 is 14.3 Å². The normalized spacial score (nSPS) is 30.1. The SMILES string of the molecule is CCOC(=O)CCN1CCOC2CCCC21. The Morgan fingerprint density at radius 3 is 3.19 bits per heavy atom. The number of fused-ring (bicyclic) bond motifs is 1. The number of carbonyl (C=O) groups is 1. The summed E-state index contributed by atoms with van der Waals surface area (Å²) in [6.45, 7) is 4.92. The molecule has 0 aromatic rings. The van der Waals surface area contributed by atoms with E-state index in [2.05, 4.69) is 4.90 Å². The van der Waals surface area contributed by atoms with Gasteiger partial charge in [-0.05, 0) is 26.2 Å². The van der Waals surface area contributed by atoms with E-state index in [-0.39, 0.29) is 5.97 Å². The topological polar surface area (TPSA) is 38.8 Å². The highest BCUT2D eigenvalue weighted by Crippen LogP contribution is 2.29. The predicted octanol–water partition coefficient (Wildman–Crippen LogP) is 1.19. The minimum Gasteiger partial charge on any atom is -0.466 e. The van der Waals surface area contributed by atoms with E-state index in [0.29, 0.717) is 25.2 Å². The monoisotopic (exact) mass is 227 g/mol. The predicted molar refractivity (Wildman–Crippen MR) is 60.2 cm³/mol. The molecule has 1 aliphatic heterocycles. The van der Waals surface area contributed by atoms with Crippen LogP contribution in [0.3, 0.4) is 0 Å². The molecule has 4 nitrogen and oxygen atoms in total. The first-order valence-corrected chi connectivity index (χ1v) is 6.32. The fourth-order valence-electron chi connectivity index (χ4n) is 2.75. The Morgan fingerprint density at radius 2 is 2.38 bits per heavy atom. The van der Waals surface area contributed by atoms with Crippen molar-refractivity contribution in [1.29, 1.82) is 0 Å². The van der Waals surface area contributed by atoms with Crippen LogP contribution in [0.4, 0.5) is 0 Å². The lowest BCUT2D eigenvalue weighted by Crippen LogP contribution is -2.49. The van der Waals surface area contributed by atoms with E-state index in [4.69, 9.17) is 9.47 Å². The summed E-state index contributed by atoms with van der Waals surface area (Å²) in [5, 5.41) is 0. The Hall–Kier alpha value is -0.610. The zero-order chi connectivity index (χ0) is 11.4. The quantitative estimate of drug-likeness (QED) is 0.676. The first-order chi connectivity index (χ1) is 7.81. The third-order valence-electron chi connectivity index (χ3n) is 3.51. The summed E-state index contributed by atoms with van der Waals surface area (Å²) in [6, 6.07) is 0.545. The molecule has 92 valence electrons. The summed E-state index contributed by atoms with van der Waals surface area (Å²) in [5.74, 6) is -0.0801. The van der Waals surface area contributed by atoms with Gasteiger partial charge in [0.05, 0.1) is 25.7 Å². The van der Waals surface area contributed by atoms with E-state index in [0.717, 1.165) is 19.7 Å². The van der Waals surface area contributed by atoms with E-state index >= 15 is 0 Å². The molecule has 0 bridgehead atoms. The second kappa shape index (κ2) is 5.64. The second-order valence-electron chi connectivity index (χ2n) is 4.50. The standard InChI is InChI=1S/C12H21NO3/c1-2-15-12(14)6-7-13-8-9-16-11-5-3-4-10(11)13/h10-11H,2-9H2,1H3. The van der Waals surface area contributed by atoms with Crippen LogP contribution in [0.5, 0.6) is 0 Å². The van der Waals surface area contributed by atoms with Gasteiger partial charge in [0, 0.05) is 19.1 Å². The van der Waals surface area contributed by atoms with Crippen LogP contribution in [-0.2, 0) is 14.3 Å². The van der Waals surface area contributed by atoms with Crippen molar-refractivity contribution in [2.75, 3.05) is 26.3 Å². The van der Waals surface area contributed by atoms with Gasteiger partial charge in [0.1, 0.15) is 0 Å². The number of esters is 1. The minimum atomic E-state index is -0.0801. The zero-order valence-corrected chi connectivity index (χ0v) is 9.98. The smallest absolute Gasteiger partial charge is 0.307 e. The fraction of sp³-hybridized carbons (Fsp3) is 0.917. The second-order valence-corrected chi connectivity index (χ2v) is 4.50. The molecule has 1 aliphatic carbocycles. The number of carbonyl (C=O) groups excluding carboxylic acids is 1. The Kier molecular flexibility index (Phi) is 4.18. The van der Waals surface area contributed by atoms with Crippen LogP contribution in [-0.4, -0.2) is 49.3 Å². The van der Waals surface area contributed by atoms with Crippen LogP contribution in [0.15, 0.2) is 0 Å². The van der Waals surface area contributed by atoms with Crippen LogP contribution < -0.4 is 0 Å². The maximum Gasteiger partial charge on any atom is 0.307 e. The average molecular weight is 227 g/mol. The van der Waals surface area contributed by atoms with Gasteiger partial charge in [0.2, 0.25) is 0 Å². The fourth-order valence-corrected chi connectivity index (χ4v) is 2.75. The summed E-state index contributed by atoms with van der Waals surface area (Å²) in [4.78, 5) is 13.7. The number of hydrogen-bond acceptors (Lipinski definition) is 4. The molecule has 2 atom stereocenters. The first kappa shape index (κ1) is 11.9. The molecule has 2 unspecified atom stereocenters. The molecule has 2 aliphatic rings. The first-order valence-electron chi connectivity index (χ1n) is 6.32. The minimum absolute atomic E-state index is 0.0801. The maximum absolute atomic E-state index is 11.3. The number of hydrogen-bond donors (Lipinski definition) is 0. The van der Waals surface area contributed by atoms with Crippen molar-refractivity contribution in [3.63, 3.8) is 0 Å². The van der Waals surface area contributed by atoms with Gasteiger partial charge in [-0.2, -0.15) is 0 Å². The van der Waals surface area contributed by atoms with Crippen LogP contribution in [0.2, 0.25) is 0 Å². The molecule has 2 fully saturated rings. The lowest BCUT2D eigenvalue weighted by atomic mass is 10.1. The number of morpholine rings is 1. The molecule has 0 aromatic carbocycles. The molecule has 1 saturated heterocycles. The summed E-state index contributed by atoms with van der Waals surface area (Å²) in [7, 11) is 0. The maximum atomic E-state index is 11.3. The van der Waals surface area contributed by atoms with Crippen LogP contribution in [0, 0.1) is 0 Å². The Bertz CT molecular complexity index is 244. The molecule has 2 rings (SSSR count). The Balaban J connectivity index is 1.77. The number of rotatable bonds is 4. The van der Waals surface area contributed by atoms with Gasteiger partial charge in [0.15, 0.2) is 0 Å².